The summed E-state index contributed by atoms with van der Waals surface area (Å²) in [5.41, 5.74) is 5.28. The largest absolute Gasteiger partial charge is 0.383 e. The van der Waals surface area contributed by atoms with Gasteiger partial charge in [-0.1, -0.05) is 12.1 Å². The van der Waals surface area contributed by atoms with E-state index in [1.54, 1.807) is 37.3 Å². The van der Waals surface area contributed by atoms with Crippen molar-refractivity contribution in [3.8, 4) is 17.3 Å². The number of benzene rings is 1. The molecule has 1 atom stereocenters. The Morgan fingerprint density at radius 3 is 2.80 bits per heavy atom. The highest BCUT2D eigenvalue weighted by molar-refractivity contribution is 6.01. The summed E-state index contributed by atoms with van der Waals surface area (Å²) < 4.78 is 20.9. The van der Waals surface area contributed by atoms with Gasteiger partial charge in [0.05, 0.1) is 18.3 Å². The minimum absolute atomic E-state index is 0.0991. The zero-order valence-electron chi connectivity index (χ0n) is 20.9. The van der Waals surface area contributed by atoms with E-state index < -0.39 is 0 Å². The maximum absolute atomic E-state index is 13.5. The number of nitrogens with zero attached hydrogens (tertiary/aromatic N) is 4. The molecule has 2 heterocycles. The lowest BCUT2D eigenvalue weighted by molar-refractivity contribution is -0.125. The number of H-pyrrole nitrogens is 1. The van der Waals surface area contributed by atoms with Crippen molar-refractivity contribution in [1.82, 2.24) is 19.7 Å². The molecule has 0 spiro atoms. The fourth-order valence-electron chi connectivity index (χ4n) is 4.34. The predicted octanol–water partition coefficient (Wildman–Crippen LogP) is 4.84. The van der Waals surface area contributed by atoms with Crippen LogP contribution in [-0.2, 0) is 16.0 Å². The molecule has 0 bridgehead atoms. The minimum atomic E-state index is -0.313. The number of nitrogens with one attached hydrogen (secondary N) is 1. The van der Waals surface area contributed by atoms with E-state index in [0.717, 1.165) is 22.6 Å². The van der Waals surface area contributed by atoms with Crippen LogP contribution >= 0.6 is 0 Å². The van der Waals surface area contributed by atoms with Crippen LogP contribution in [0.15, 0.2) is 42.0 Å². The number of likely N-dealkylation sites (N-methyl/N-ethyl adjacent to an activating group) is 1. The Morgan fingerprint density at radius 2 is 2.11 bits per heavy atom. The molecular weight excluding hydrogens is 445 g/mol. The number of aryl methyl sites for hydroxylation is 2. The lowest BCUT2D eigenvalue weighted by Gasteiger charge is -2.18. The number of carbonyl (C=O) groups excluding carboxylic acids is 1. The highest BCUT2D eigenvalue weighted by atomic mass is 19.1. The molecule has 2 aromatic heterocycles. The fraction of sp³-hybridized carbons (Fsp3) is 0.370. The molecule has 0 aliphatic rings. The Hall–Kier alpha value is -3.70. The number of aromatic nitrogens is 3. The third-order valence-corrected chi connectivity index (χ3v) is 6.06. The van der Waals surface area contributed by atoms with Gasteiger partial charge in [-0.2, -0.15) is 10.4 Å². The molecule has 1 aromatic carbocycles. The number of nitriles is 1. The molecule has 0 aliphatic carbocycles. The smallest absolute Gasteiger partial charge is 0.264 e. The van der Waals surface area contributed by atoms with Gasteiger partial charge in [0.2, 0.25) is 0 Å². The first-order valence-electron chi connectivity index (χ1n) is 11.6. The van der Waals surface area contributed by atoms with E-state index in [1.165, 1.54) is 12.1 Å². The second kappa shape index (κ2) is 11.6. The Bertz CT molecular complexity index is 1250. The lowest BCUT2D eigenvalue weighted by atomic mass is 10.1. The molecule has 0 radical (unpaired) electrons. The van der Waals surface area contributed by atoms with E-state index in [0.29, 0.717) is 37.3 Å². The molecule has 7 nitrogen and oxygen atoms in total. The van der Waals surface area contributed by atoms with Gasteiger partial charge in [0.15, 0.2) is 0 Å². The molecule has 0 fully saturated rings. The van der Waals surface area contributed by atoms with Crippen molar-refractivity contribution in [2.75, 3.05) is 27.3 Å². The van der Waals surface area contributed by atoms with Crippen LogP contribution in [0.25, 0.3) is 17.3 Å². The van der Waals surface area contributed by atoms with Gasteiger partial charge >= 0.3 is 0 Å². The molecule has 3 aromatic rings. The summed E-state index contributed by atoms with van der Waals surface area (Å²) in [4.78, 5) is 14.5. The number of ether oxygens (including phenoxy) is 1. The summed E-state index contributed by atoms with van der Waals surface area (Å²) in [6, 6.07) is 12.4. The van der Waals surface area contributed by atoms with Crippen LogP contribution in [0.3, 0.4) is 0 Å². The van der Waals surface area contributed by atoms with Crippen LogP contribution < -0.4 is 0 Å². The molecule has 8 heteroatoms. The molecule has 1 N–H and O–H groups in total. The van der Waals surface area contributed by atoms with Gasteiger partial charge in [0.25, 0.3) is 5.91 Å². The van der Waals surface area contributed by atoms with Gasteiger partial charge in [0, 0.05) is 43.3 Å². The Balaban J connectivity index is 1.62. The van der Waals surface area contributed by atoms with Crippen molar-refractivity contribution in [1.29, 1.82) is 5.26 Å². The third kappa shape index (κ3) is 6.25. The average molecular weight is 478 g/mol. The van der Waals surface area contributed by atoms with Gasteiger partial charge < -0.3 is 14.2 Å². The molecule has 0 aliphatic heterocycles. The summed E-state index contributed by atoms with van der Waals surface area (Å²) in [5, 5.41) is 16.9. The van der Waals surface area contributed by atoms with E-state index in [4.69, 9.17) is 4.74 Å². The molecule has 1 amide bonds. The Kier molecular flexibility index (Phi) is 8.61. The first kappa shape index (κ1) is 25.9. The van der Waals surface area contributed by atoms with Gasteiger partial charge in [-0.05, 0) is 69.5 Å². The van der Waals surface area contributed by atoms with Crippen LogP contribution in [0.4, 0.5) is 4.39 Å². The normalized spacial score (nSPS) is 12.4. The van der Waals surface area contributed by atoms with Crippen LogP contribution in [0.5, 0.6) is 0 Å². The van der Waals surface area contributed by atoms with Crippen molar-refractivity contribution >= 4 is 12.0 Å². The highest BCUT2D eigenvalue weighted by Gasteiger charge is 2.18. The predicted molar refractivity (Wildman–Crippen MR) is 134 cm³/mol. The lowest BCUT2D eigenvalue weighted by Crippen LogP contribution is -2.29. The summed E-state index contributed by atoms with van der Waals surface area (Å²) in [6.07, 6.45) is 3.02. The van der Waals surface area contributed by atoms with E-state index in [1.807, 2.05) is 26.0 Å². The Labute approximate surface area is 205 Å². The zero-order valence-corrected chi connectivity index (χ0v) is 20.9. The summed E-state index contributed by atoms with van der Waals surface area (Å²) in [7, 11) is 3.37. The Morgan fingerprint density at radius 1 is 1.34 bits per heavy atom. The molecule has 3 rings (SSSR count). The van der Waals surface area contributed by atoms with Gasteiger partial charge in [0.1, 0.15) is 17.5 Å². The minimum Gasteiger partial charge on any atom is -0.383 e. The van der Waals surface area contributed by atoms with Gasteiger partial charge in [-0.25, -0.2) is 4.39 Å². The molecule has 0 saturated heterocycles. The summed E-state index contributed by atoms with van der Waals surface area (Å²) >= 11 is 0. The number of hydrogen-bond donors (Lipinski definition) is 1. The molecule has 35 heavy (non-hydrogen) atoms. The van der Waals surface area contributed by atoms with Crippen molar-refractivity contribution in [3.05, 3.63) is 70.4 Å². The first-order chi connectivity index (χ1) is 16.7. The topological polar surface area (TPSA) is 86.9 Å². The fourth-order valence-corrected chi connectivity index (χ4v) is 4.34. The summed E-state index contributed by atoms with van der Waals surface area (Å²) in [5.74, 6) is -0.618. The average Bonchev–Trinajstić information content (AvgIpc) is 3.41. The number of halogens is 1. The molecule has 1 unspecified atom stereocenters. The van der Waals surface area contributed by atoms with Crippen molar-refractivity contribution in [2.45, 2.75) is 39.7 Å². The van der Waals surface area contributed by atoms with E-state index >= 15 is 0 Å². The maximum Gasteiger partial charge on any atom is 0.264 e. The number of amides is 1. The van der Waals surface area contributed by atoms with E-state index in [-0.39, 0.29) is 23.3 Å². The van der Waals surface area contributed by atoms with Crippen LogP contribution in [0, 0.1) is 31.0 Å². The van der Waals surface area contributed by atoms with Crippen LogP contribution in [0.1, 0.15) is 42.0 Å². The van der Waals surface area contributed by atoms with Crippen LogP contribution in [-0.4, -0.2) is 52.9 Å². The molecule has 0 saturated carbocycles. The standard InChI is InChI=1S/C27H32FN5O2/c1-18-12-22(20(3)33(18)19(2)17-35-5)13-23(16-29)27(34)32(4)11-7-10-25-15-26(31-30-25)21-8-6-9-24(28)14-21/h6,8-9,12-15,19H,7,10-11,17H2,1-5H3,(H,30,31)/b23-13-. The van der Waals surface area contributed by atoms with Gasteiger partial charge in [-0.15, -0.1) is 0 Å². The van der Waals surface area contributed by atoms with Crippen molar-refractivity contribution in [2.24, 2.45) is 0 Å². The monoisotopic (exact) mass is 477 g/mol. The number of hydrogen-bond acceptors (Lipinski definition) is 4. The number of rotatable bonds is 10. The third-order valence-electron chi connectivity index (χ3n) is 6.06. The second-order valence-corrected chi connectivity index (χ2v) is 8.79. The number of methoxy groups -OCH3 is 1. The first-order valence-corrected chi connectivity index (χ1v) is 11.6. The van der Waals surface area contributed by atoms with Crippen molar-refractivity contribution in [3.63, 3.8) is 0 Å². The van der Waals surface area contributed by atoms with Gasteiger partial charge in [-0.3, -0.25) is 9.89 Å². The van der Waals surface area contributed by atoms with Crippen molar-refractivity contribution < 1.29 is 13.9 Å². The summed E-state index contributed by atoms with van der Waals surface area (Å²) in [6.45, 7) is 7.12. The highest BCUT2D eigenvalue weighted by Crippen LogP contribution is 2.23. The van der Waals surface area contributed by atoms with E-state index in [2.05, 4.69) is 27.8 Å². The zero-order chi connectivity index (χ0) is 25.5. The molecule has 184 valence electrons. The number of carbonyl (C=O) groups is 1. The quantitative estimate of drug-likeness (QED) is 0.334. The maximum atomic E-state index is 13.5. The SMILES string of the molecule is COCC(C)n1c(C)cc(/C=C(/C#N)C(=O)N(C)CCCc2cc(-c3cccc(F)c3)n[nH]2)c1C. The van der Waals surface area contributed by atoms with Crippen LogP contribution in [0.2, 0.25) is 0 Å². The second-order valence-electron chi connectivity index (χ2n) is 8.79. The molecular formula is C27H32FN5O2. The number of aromatic amines is 1. The van der Waals surface area contributed by atoms with E-state index in [9.17, 15) is 14.4 Å².